The molecule has 1 aromatic heterocycles. The van der Waals surface area contributed by atoms with E-state index >= 15 is 0 Å². The number of fused-ring (bicyclic) bond motifs is 1. The SMILES string of the molecule is C[C@H](Oc1nn(C)c2ccccc12)C(=O)N(C)CC1CC1. The molecular formula is C16H21N3O2. The summed E-state index contributed by atoms with van der Waals surface area (Å²) in [7, 11) is 3.72. The maximum absolute atomic E-state index is 12.3. The second-order valence-electron chi connectivity index (χ2n) is 5.87. The molecule has 3 rings (SSSR count). The quantitative estimate of drug-likeness (QED) is 0.847. The summed E-state index contributed by atoms with van der Waals surface area (Å²) < 4.78 is 7.58. The summed E-state index contributed by atoms with van der Waals surface area (Å²) in [6.45, 7) is 2.62. The Morgan fingerprint density at radius 1 is 1.48 bits per heavy atom. The van der Waals surface area contributed by atoms with Crippen LogP contribution in [-0.2, 0) is 11.8 Å². The molecule has 1 aliphatic carbocycles. The summed E-state index contributed by atoms with van der Waals surface area (Å²) in [6, 6.07) is 7.86. The highest BCUT2D eigenvalue weighted by Crippen LogP contribution is 2.30. The molecule has 1 amide bonds. The second kappa shape index (κ2) is 5.39. The first-order valence-corrected chi connectivity index (χ1v) is 7.39. The number of hydrogen-bond donors (Lipinski definition) is 0. The zero-order valence-electron chi connectivity index (χ0n) is 12.7. The van der Waals surface area contributed by atoms with Gasteiger partial charge in [-0.05, 0) is 37.8 Å². The standard InChI is InChI=1S/C16H21N3O2/c1-11(16(20)18(2)10-12-8-9-12)21-15-13-6-4-5-7-14(13)19(3)17-15/h4-7,11-12H,8-10H2,1-3H3/t11-/m0/s1. The lowest BCUT2D eigenvalue weighted by Gasteiger charge is -2.21. The largest absolute Gasteiger partial charge is 0.463 e. The number of amides is 1. The van der Waals surface area contributed by atoms with Crippen molar-refractivity contribution in [1.82, 2.24) is 14.7 Å². The first-order chi connectivity index (χ1) is 10.1. The molecule has 0 saturated heterocycles. The number of aryl methyl sites for hydroxylation is 1. The van der Waals surface area contributed by atoms with Crippen LogP contribution in [0.25, 0.3) is 10.9 Å². The molecule has 1 aromatic carbocycles. The minimum absolute atomic E-state index is 0.0108. The molecule has 0 aliphatic heterocycles. The van der Waals surface area contributed by atoms with Gasteiger partial charge in [0.1, 0.15) is 0 Å². The average molecular weight is 287 g/mol. The van der Waals surface area contributed by atoms with Gasteiger partial charge in [0.05, 0.1) is 10.9 Å². The summed E-state index contributed by atoms with van der Waals surface area (Å²) in [6.07, 6.45) is 1.95. The maximum atomic E-state index is 12.3. The molecule has 2 aromatic rings. The second-order valence-corrected chi connectivity index (χ2v) is 5.87. The van der Waals surface area contributed by atoms with Crippen LogP contribution in [-0.4, -0.2) is 40.3 Å². The van der Waals surface area contributed by atoms with E-state index in [9.17, 15) is 4.79 Å². The van der Waals surface area contributed by atoms with Crippen molar-refractivity contribution in [2.24, 2.45) is 13.0 Å². The molecule has 1 heterocycles. The number of carbonyl (C=O) groups is 1. The predicted molar refractivity (Wildman–Crippen MR) is 81.2 cm³/mol. The van der Waals surface area contributed by atoms with Crippen molar-refractivity contribution in [2.75, 3.05) is 13.6 Å². The van der Waals surface area contributed by atoms with Crippen LogP contribution in [0.4, 0.5) is 0 Å². The summed E-state index contributed by atoms with van der Waals surface area (Å²) in [4.78, 5) is 14.1. The highest BCUT2D eigenvalue weighted by molar-refractivity contribution is 5.85. The van der Waals surface area contributed by atoms with Crippen LogP contribution in [0.15, 0.2) is 24.3 Å². The van der Waals surface area contributed by atoms with E-state index in [1.165, 1.54) is 12.8 Å². The molecule has 0 N–H and O–H groups in total. The monoisotopic (exact) mass is 287 g/mol. The molecule has 1 atom stereocenters. The van der Waals surface area contributed by atoms with Crippen molar-refractivity contribution in [3.05, 3.63) is 24.3 Å². The molecular weight excluding hydrogens is 266 g/mol. The van der Waals surface area contributed by atoms with Gasteiger partial charge in [-0.3, -0.25) is 9.48 Å². The van der Waals surface area contributed by atoms with Crippen LogP contribution in [0.5, 0.6) is 5.88 Å². The Kier molecular flexibility index (Phi) is 3.57. The number of rotatable bonds is 5. The predicted octanol–water partition coefficient (Wildman–Crippen LogP) is 2.21. The van der Waals surface area contributed by atoms with E-state index in [4.69, 9.17) is 4.74 Å². The third kappa shape index (κ3) is 2.86. The normalized spacial score (nSPS) is 16.0. The fraction of sp³-hybridized carbons (Fsp3) is 0.500. The van der Waals surface area contributed by atoms with Gasteiger partial charge in [-0.1, -0.05) is 12.1 Å². The van der Waals surface area contributed by atoms with Crippen LogP contribution >= 0.6 is 0 Å². The highest BCUT2D eigenvalue weighted by Gasteiger charge is 2.28. The number of likely N-dealkylation sites (N-methyl/N-ethyl adjacent to an activating group) is 1. The van der Waals surface area contributed by atoms with Gasteiger partial charge in [-0.25, -0.2) is 0 Å². The van der Waals surface area contributed by atoms with Gasteiger partial charge in [0.2, 0.25) is 5.88 Å². The van der Waals surface area contributed by atoms with Crippen molar-refractivity contribution in [3.63, 3.8) is 0 Å². The average Bonchev–Trinajstić information content (AvgIpc) is 3.23. The van der Waals surface area contributed by atoms with Crippen LogP contribution in [0.2, 0.25) is 0 Å². The van der Waals surface area contributed by atoms with E-state index < -0.39 is 6.10 Å². The van der Waals surface area contributed by atoms with Crippen molar-refractivity contribution in [3.8, 4) is 5.88 Å². The van der Waals surface area contributed by atoms with Gasteiger partial charge in [-0.15, -0.1) is 5.10 Å². The van der Waals surface area contributed by atoms with Gasteiger partial charge >= 0.3 is 0 Å². The van der Waals surface area contributed by atoms with E-state index in [1.807, 2.05) is 38.4 Å². The van der Waals surface area contributed by atoms with Crippen LogP contribution < -0.4 is 4.74 Å². The van der Waals surface area contributed by atoms with Crippen LogP contribution in [0, 0.1) is 5.92 Å². The van der Waals surface area contributed by atoms with Gasteiger partial charge in [0.15, 0.2) is 6.10 Å². The summed E-state index contributed by atoms with van der Waals surface area (Å²) in [5.74, 6) is 1.22. The lowest BCUT2D eigenvalue weighted by molar-refractivity contribution is -0.136. The van der Waals surface area contributed by atoms with Crippen LogP contribution in [0.1, 0.15) is 19.8 Å². The van der Waals surface area contributed by atoms with Gasteiger partial charge in [0, 0.05) is 20.6 Å². The molecule has 0 spiro atoms. The van der Waals surface area contributed by atoms with E-state index in [2.05, 4.69) is 5.10 Å². The van der Waals surface area contributed by atoms with E-state index in [-0.39, 0.29) is 5.91 Å². The number of nitrogens with zero attached hydrogens (tertiary/aromatic N) is 3. The number of benzene rings is 1. The fourth-order valence-corrected chi connectivity index (χ4v) is 2.57. The first kappa shape index (κ1) is 13.9. The number of para-hydroxylation sites is 1. The Bertz CT molecular complexity index is 661. The third-order valence-corrected chi connectivity index (χ3v) is 3.97. The third-order valence-electron chi connectivity index (χ3n) is 3.97. The summed E-state index contributed by atoms with van der Waals surface area (Å²) >= 11 is 0. The Morgan fingerprint density at radius 2 is 2.19 bits per heavy atom. The smallest absolute Gasteiger partial charge is 0.263 e. The molecule has 0 radical (unpaired) electrons. The van der Waals surface area contributed by atoms with Crippen molar-refractivity contribution < 1.29 is 9.53 Å². The number of carbonyl (C=O) groups excluding carboxylic acids is 1. The first-order valence-electron chi connectivity index (χ1n) is 7.39. The zero-order valence-corrected chi connectivity index (χ0v) is 12.7. The number of hydrogen-bond acceptors (Lipinski definition) is 3. The topological polar surface area (TPSA) is 47.4 Å². The molecule has 0 unspecified atom stereocenters. The lowest BCUT2D eigenvalue weighted by atomic mass is 10.2. The molecule has 112 valence electrons. The highest BCUT2D eigenvalue weighted by atomic mass is 16.5. The molecule has 1 aliphatic rings. The van der Waals surface area contributed by atoms with E-state index in [0.29, 0.717) is 11.8 Å². The Morgan fingerprint density at radius 3 is 2.90 bits per heavy atom. The molecule has 21 heavy (non-hydrogen) atoms. The molecule has 1 fully saturated rings. The Labute approximate surface area is 124 Å². The van der Waals surface area contributed by atoms with E-state index in [1.54, 1.807) is 16.5 Å². The maximum Gasteiger partial charge on any atom is 0.263 e. The molecule has 5 nitrogen and oxygen atoms in total. The van der Waals surface area contributed by atoms with Crippen molar-refractivity contribution in [1.29, 1.82) is 0 Å². The summed E-state index contributed by atoms with van der Waals surface area (Å²) in [5.41, 5.74) is 0.999. The zero-order chi connectivity index (χ0) is 15.0. The summed E-state index contributed by atoms with van der Waals surface area (Å²) in [5, 5.41) is 5.30. The van der Waals surface area contributed by atoms with Gasteiger partial charge < -0.3 is 9.64 Å². The van der Waals surface area contributed by atoms with Crippen molar-refractivity contribution >= 4 is 16.8 Å². The fourth-order valence-electron chi connectivity index (χ4n) is 2.57. The Hall–Kier alpha value is -2.04. The number of aromatic nitrogens is 2. The van der Waals surface area contributed by atoms with E-state index in [0.717, 1.165) is 17.4 Å². The molecule has 5 heteroatoms. The van der Waals surface area contributed by atoms with Crippen molar-refractivity contribution in [2.45, 2.75) is 25.9 Å². The Balaban J connectivity index is 1.73. The molecule has 0 bridgehead atoms. The van der Waals surface area contributed by atoms with Gasteiger partial charge in [-0.2, -0.15) is 0 Å². The minimum atomic E-state index is -0.521. The lowest BCUT2D eigenvalue weighted by Crippen LogP contribution is -2.39. The van der Waals surface area contributed by atoms with Crippen LogP contribution in [0.3, 0.4) is 0 Å². The molecule has 1 saturated carbocycles. The number of ether oxygens (including phenoxy) is 1. The van der Waals surface area contributed by atoms with Gasteiger partial charge in [0.25, 0.3) is 5.91 Å². The minimum Gasteiger partial charge on any atom is -0.463 e.